The summed E-state index contributed by atoms with van der Waals surface area (Å²) in [6.07, 6.45) is -0.757. The van der Waals surface area contributed by atoms with Gasteiger partial charge in [0.1, 0.15) is 0 Å². The zero-order valence-corrected chi connectivity index (χ0v) is 10.0. The second-order valence-corrected chi connectivity index (χ2v) is 3.58. The molecule has 1 rings (SSSR count). The predicted octanol–water partition coefficient (Wildman–Crippen LogP) is 1.15. The van der Waals surface area contributed by atoms with Gasteiger partial charge >= 0.3 is 0 Å². The molecule has 1 aromatic rings. The maximum Gasteiger partial charge on any atom is 0.258 e. The highest BCUT2D eigenvalue weighted by Gasteiger charge is 2.14. The molecule has 5 nitrogen and oxygen atoms in total. The molecule has 5 heteroatoms. The van der Waals surface area contributed by atoms with Gasteiger partial charge in [-0.3, -0.25) is 9.59 Å². The van der Waals surface area contributed by atoms with Crippen molar-refractivity contribution >= 4 is 11.7 Å². The Hall–Kier alpha value is -2.04. The molecule has 0 fully saturated rings. The number of hydrogen-bond donors (Lipinski definition) is 1. The SMILES string of the molecule is COc1cc(C(C)=O)ccc1OC(C)C(N)=O. The highest BCUT2D eigenvalue weighted by molar-refractivity contribution is 5.94. The van der Waals surface area contributed by atoms with Crippen molar-refractivity contribution in [2.24, 2.45) is 5.73 Å². The van der Waals surface area contributed by atoms with Crippen LogP contribution in [-0.4, -0.2) is 24.9 Å². The Morgan fingerprint density at radius 3 is 2.41 bits per heavy atom. The molecule has 1 atom stereocenters. The number of benzene rings is 1. The van der Waals surface area contributed by atoms with E-state index in [2.05, 4.69) is 0 Å². The second-order valence-electron chi connectivity index (χ2n) is 3.58. The van der Waals surface area contributed by atoms with Gasteiger partial charge in [-0.1, -0.05) is 0 Å². The summed E-state index contributed by atoms with van der Waals surface area (Å²) < 4.78 is 10.4. The van der Waals surface area contributed by atoms with Crippen LogP contribution in [0.25, 0.3) is 0 Å². The fraction of sp³-hybridized carbons (Fsp3) is 0.333. The number of rotatable bonds is 5. The fourth-order valence-corrected chi connectivity index (χ4v) is 1.23. The number of ketones is 1. The molecule has 0 saturated carbocycles. The minimum atomic E-state index is -0.757. The maximum atomic E-state index is 11.2. The Morgan fingerprint density at radius 2 is 1.94 bits per heavy atom. The van der Waals surface area contributed by atoms with Gasteiger partial charge in [0.25, 0.3) is 5.91 Å². The number of carbonyl (C=O) groups excluding carboxylic acids is 2. The van der Waals surface area contributed by atoms with Crippen molar-refractivity contribution in [1.82, 2.24) is 0 Å². The first-order valence-corrected chi connectivity index (χ1v) is 5.10. The maximum absolute atomic E-state index is 11.2. The zero-order chi connectivity index (χ0) is 13.0. The smallest absolute Gasteiger partial charge is 0.258 e. The predicted molar refractivity (Wildman–Crippen MR) is 62.3 cm³/mol. The highest BCUT2D eigenvalue weighted by Crippen LogP contribution is 2.29. The molecule has 0 aliphatic rings. The summed E-state index contributed by atoms with van der Waals surface area (Å²) in [7, 11) is 1.46. The Bertz CT molecular complexity index is 442. The second kappa shape index (κ2) is 5.34. The average Bonchev–Trinajstić information content (AvgIpc) is 2.28. The van der Waals surface area contributed by atoms with Crippen molar-refractivity contribution in [2.45, 2.75) is 20.0 Å². The van der Waals surface area contributed by atoms with Crippen LogP contribution < -0.4 is 15.2 Å². The minimum Gasteiger partial charge on any atom is -0.493 e. The minimum absolute atomic E-state index is 0.0715. The molecule has 0 heterocycles. The number of carbonyl (C=O) groups is 2. The van der Waals surface area contributed by atoms with E-state index >= 15 is 0 Å². The average molecular weight is 237 g/mol. The standard InChI is InChI=1S/C12H15NO4/c1-7(14)9-4-5-10(11(6-9)16-3)17-8(2)12(13)15/h4-6,8H,1-3H3,(H2,13,15). The molecule has 0 aliphatic carbocycles. The van der Waals surface area contributed by atoms with Gasteiger partial charge in [0.2, 0.25) is 0 Å². The molecule has 0 saturated heterocycles. The lowest BCUT2D eigenvalue weighted by Crippen LogP contribution is -2.30. The summed E-state index contributed by atoms with van der Waals surface area (Å²) in [5, 5.41) is 0. The Kier molecular flexibility index (Phi) is 4.09. The van der Waals surface area contributed by atoms with Crippen molar-refractivity contribution in [1.29, 1.82) is 0 Å². The van der Waals surface area contributed by atoms with Gasteiger partial charge in [0.05, 0.1) is 7.11 Å². The number of hydrogen-bond acceptors (Lipinski definition) is 4. The van der Waals surface area contributed by atoms with Gasteiger partial charge < -0.3 is 15.2 Å². The van der Waals surface area contributed by atoms with Gasteiger partial charge in [-0.25, -0.2) is 0 Å². The molecule has 1 amide bonds. The Balaban J connectivity index is 3.00. The lowest BCUT2D eigenvalue weighted by atomic mass is 10.1. The number of nitrogens with two attached hydrogens (primary N) is 1. The summed E-state index contributed by atoms with van der Waals surface area (Å²) in [5.41, 5.74) is 5.61. The number of Topliss-reactive ketones (excluding diaryl/α,β-unsaturated/α-hetero) is 1. The van der Waals surface area contributed by atoms with E-state index in [0.717, 1.165) is 0 Å². The van der Waals surface area contributed by atoms with Gasteiger partial charge in [0, 0.05) is 5.56 Å². The number of ether oxygens (including phenoxy) is 2. The largest absolute Gasteiger partial charge is 0.493 e. The van der Waals surface area contributed by atoms with Crippen molar-refractivity contribution in [3.8, 4) is 11.5 Å². The third-order valence-corrected chi connectivity index (χ3v) is 2.27. The van der Waals surface area contributed by atoms with E-state index in [4.69, 9.17) is 15.2 Å². The molecule has 0 aromatic heterocycles. The molecular weight excluding hydrogens is 222 g/mol. The number of amides is 1. The van der Waals surface area contributed by atoms with Gasteiger partial charge in [-0.05, 0) is 32.0 Å². The lowest BCUT2D eigenvalue weighted by Gasteiger charge is -2.14. The van der Waals surface area contributed by atoms with Crippen LogP contribution in [0.3, 0.4) is 0 Å². The van der Waals surface area contributed by atoms with Gasteiger partial charge in [-0.15, -0.1) is 0 Å². The van der Waals surface area contributed by atoms with Crippen LogP contribution in [-0.2, 0) is 4.79 Å². The quantitative estimate of drug-likeness (QED) is 0.779. The summed E-state index contributed by atoms with van der Waals surface area (Å²) in [4.78, 5) is 22.1. The first-order chi connectivity index (χ1) is 7.95. The van der Waals surface area contributed by atoms with Crippen LogP contribution in [0, 0.1) is 0 Å². The summed E-state index contributed by atoms with van der Waals surface area (Å²) >= 11 is 0. The van der Waals surface area contributed by atoms with Gasteiger partial charge in [-0.2, -0.15) is 0 Å². The Labute approximate surface area is 99.5 Å². The van der Waals surface area contributed by atoms with Crippen LogP contribution in [0.1, 0.15) is 24.2 Å². The fourth-order valence-electron chi connectivity index (χ4n) is 1.23. The molecule has 0 spiro atoms. The first kappa shape index (κ1) is 13.0. The Morgan fingerprint density at radius 1 is 1.29 bits per heavy atom. The van der Waals surface area contributed by atoms with E-state index in [0.29, 0.717) is 17.1 Å². The van der Waals surface area contributed by atoms with E-state index in [1.807, 2.05) is 0 Å². The molecule has 17 heavy (non-hydrogen) atoms. The van der Waals surface area contributed by atoms with Gasteiger partial charge in [0.15, 0.2) is 23.4 Å². The van der Waals surface area contributed by atoms with E-state index < -0.39 is 12.0 Å². The van der Waals surface area contributed by atoms with Crippen LogP contribution in [0.4, 0.5) is 0 Å². The number of methoxy groups -OCH3 is 1. The molecule has 0 bridgehead atoms. The lowest BCUT2D eigenvalue weighted by molar-refractivity contribution is -0.124. The molecule has 0 aliphatic heterocycles. The zero-order valence-electron chi connectivity index (χ0n) is 10.0. The van der Waals surface area contributed by atoms with Crippen LogP contribution in [0.15, 0.2) is 18.2 Å². The monoisotopic (exact) mass is 237 g/mol. The summed E-state index contributed by atoms with van der Waals surface area (Å²) in [5.74, 6) is 0.134. The molecule has 0 radical (unpaired) electrons. The first-order valence-electron chi connectivity index (χ1n) is 5.10. The van der Waals surface area contributed by atoms with Crippen molar-refractivity contribution in [2.75, 3.05) is 7.11 Å². The summed E-state index contributed by atoms with van der Waals surface area (Å²) in [6.45, 7) is 3.00. The van der Waals surface area contributed by atoms with Crippen LogP contribution >= 0.6 is 0 Å². The van der Waals surface area contributed by atoms with Crippen molar-refractivity contribution in [3.05, 3.63) is 23.8 Å². The molecular formula is C12H15NO4. The van der Waals surface area contributed by atoms with Crippen molar-refractivity contribution < 1.29 is 19.1 Å². The molecule has 1 aromatic carbocycles. The summed E-state index contributed by atoms with van der Waals surface area (Å²) in [6, 6.07) is 4.74. The van der Waals surface area contributed by atoms with Crippen LogP contribution in [0.5, 0.6) is 11.5 Å². The van der Waals surface area contributed by atoms with E-state index in [1.165, 1.54) is 14.0 Å². The normalized spacial score (nSPS) is 11.7. The third-order valence-electron chi connectivity index (χ3n) is 2.27. The molecule has 1 unspecified atom stereocenters. The highest BCUT2D eigenvalue weighted by atomic mass is 16.5. The molecule has 2 N–H and O–H groups in total. The molecule has 92 valence electrons. The van der Waals surface area contributed by atoms with E-state index in [1.54, 1.807) is 25.1 Å². The topological polar surface area (TPSA) is 78.6 Å². The number of primary amides is 1. The third kappa shape index (κ3) is 3.21. The van der Waals surface area contributed by atoms with Crippen LogP contribution in [0.2, 0.25) is 0 Å². The van der Waals surface area contributed by atoms with E-state index in [9.17, 15) is 9.59 Å². The van der Waals surface area contributed by atoms with E-state index in [-0.39, 0.29) is 5.78 Å². The van der Waals surface area contributed by atoms with Crippen molar-refractivity contribution in [3.63, 3.8) is 0 Å².